The standard InChI is InChI=1S/C15H19ClN4O2/c16-12-5-1-2-6-13(12)18-15(22)19-8-3-4-11(10-19)20-9-7-17-14(20)21/h1-2,5-6,11H,3-4,7-10H2,(H,17,21)(H,18,22)/t11-/m1/s1. The van der Waals surface area contributed by atoms with Crippen LogP contribution in [-0.2, 0) is 0 Å². The Morgan fingerprint density at radius 3 is 2.86 bits per heavy atom. The molecule has 6 nitrogen and oxygen atoms in total. The average Bonchev–Trinajstić information content (AvgIpc) is 2.96. The Morgan fingerprint density at radius 1 is 1.32 bits per heavy atom. The van der Waals surface area contributed by atoms with E-state index in [0.717, 1.165) is 12.8 Å². The van der Waals surface area contributed by atoms with Crippen molar-refractivity contribution in [2.24, 2.45) is 0 Å². The summed E-state index contributed by atoms with van der Waals surface area (Å²) in [7, 11) is 0. The normalized spacial score (nSPS) is 21.7. The van der Waals surface area contributed by atoms with Crippen LogP contribution in [0.4, 0.5) is 15.3 Å². The summed E-state index contributed by atoms with van der Waals surface area (Å²) in [6, 6.07) is 7.06. The lowest BCUT2D eigenvalue weighted by molar-refractivity contribution is 0.139. The number of halogens is 1. The SMILES string of the molecule is O=C(Nc1ccccc1Cl)N1CCC[C@@H](N2CCNC2=O)C1. The number of para-hydroxylation sites is 1. The van der Waals surface area contributed by atoms with Crippen LogP contribution < -0.4 is 10.6 Å². The molecule has 1 aromatic carbocycles. The molecule has 2 fully saturated rings. The number of hydrogen-bond donors (Lipinski definition) is 2. The first-order valence-electron chi connectivity index (χ1n) is 7.50. The zero-order valence-electron chi connectivity index (χ0n) is 12.2. The predicted molar refractivity (Wildman–Crippen MR) is 85.2 cm³/mol. The zero-order chi connectivity index (χ0) is 15.5. The highest BCUT2D eigenvalue weighted by atomic mass is 35.5. The molecule has 0 radical (unpaired) electrons. The van der Waals surface area contributed by atoms with Gasteiger partial charge in [0.1, 0.15) is 0 Å². The first-order chi connectivity index (χ1) is 10.6. The number of hydrogen-bond acceptors (Lipinski definition) is 2. The van der Waals surface area contributed by atoms with Crippen LogP contribution in [0.3, 0.4) is 0 Å². The summed E-state index contributed by atoms with van der Waals surface area (Å²) in [6.07, 6.45) is 1.83. The number of carbonyl (C=O) groups excluding carboxylic acids is 2. The number of rotatable bonds is 2. The van der Waals surface area contributed by atoms with Crippen LogP contribution >= 0.6 is 11.6 Å². The van der Waals surface area contributed by atoms with E-state index >= 15 is 0 Å². The Hall–Kier alpha value is -1.95. The Bertz CT molecular complexity index is 580. The van der Waals surface area contributed by atoms with Crippen LogP contribution in [-0.4, -0.2) is 54.1 Å². The molecule has 0 bridgehead atoms. The quantitative estimate of drug-likeness (QED) is 0.878. The van der Waals surface area contributed by atoms with Crippen LogP contribution in [0, 0.1) is 0 Å². The van der Waals surface area contributed by atoms with Gasteiger partial charge in [-0.2, -0.15) is 0 Å². The molecule has 118 valence electrons. The first-order valence-corrected chi connectivity index (χ1v) is 7.88. The van der Waals surface area contributed by atoms with Crippen molar-refractivity contribution in [3.05, 3.63) is 29.3 Å². The van der Waals surface area contributed by atoms with Gasteiger partial charge in [-0.3, -0.25) is 0 Å². The summed E-state index contributed by atoms with van der Waals surface area (Å²) in [6.45, 7) is 2.65. The maximum absolute atomic E-state index is 12.4. The summed E-state index contributed by atoms with van der Waals surface area (Å²) >= 11 is 6.06. The molecule has 0 aromatic heterocycles. The van der Waals surface area contributed by atoms with Gasteiger partial charge in [-0.15, -0.1) is 0 Å². The molecule has 7 heteroatoms. The highest BCUT2D eigenvalue weighted by molar-refractivity contribution is 6.33. The number of piperidine rings is 1. The second-order valence-electron chi connectivity index (χ2n) is 5.58. The van der Waals surface area contributed by atoms with Gasteiger partial charge in [0, 0.05) is 26.2 Å². The van der Waals surface area contributed by atoms with Crippen LogP contribution in [0.2, 0.25) is 5.02 Å². The fourth-order valence-corrected chi connectivity index (χ4v) is 3.17. The topological polar surface area (TPSA) is 64.7 Å². The predicted octanol–water partition coefficient (Wildman–Crippen LogP) is 2.36. The van der Waals surface area contributed by atoms with E-state index in [-0.39, 0.29) is 18.1 Å². The van der Waals surface area contributed by atoms with E-state index in [0.29, 0.717) is 36.9 Å². The number of nitrogens with zero attached hydrogens (tertiary/aromatic N) is 2. The van der Waals surface area contributed by atoms with E-state index in [1.54, 1.807) is 17.0 Å². The largest absolute Gasteiger partial charge is 0.336 e. The first kappa shape index (κ1) is 15.0. The molecular formula is C15H19ClN4O2. The van der Waals surface area contributed by atoms with Crippen molar-refractivity contribution in [3.63, 3.8) is 0 Å². The van der Waals surface area contributed by atoms with E-state index < -0.39 is 0 Å². The zero-order valence-corrected chi connectivity index (χ0v) is 13.0. The molecule has 2 N–H and O–H groups in total. The van der Waals surface area contributed by atoms with Crippen LogP contribution in [0.5, 0.6) is 0 Å². The molecule has 22 heavy (non-hydrogen) atoms. The minimum Gasteiger partial charge on any atom is -0.336 e. The molecule has 0 unspecified atom stereocenters. The summed E-state index contributed by atoms with van der Waals surface area (Å²) < 4.78 is 0. The van der Waals surface area contributed by atoms with E-state index in [9.17, 15) is 9.59 Å². The molecule has 0 aliphatic carbocycles. The summed E-state index contributed by atoms with van der Waals surface area (Å²) in [4.78, 5) is 27.7. The number of amides is 4. The minimum atomic E-state index is -0.169. The summed E-state index contributed by atoms with van der Waals surface area (Å²) in [5, 5.41) is 6.16. The molecule has 2 heterocycles. The van der Waals surface area contributed by atoms with E-state index in [2.05, 4.69) is 10.6 Å². The smallest absolute Gasteiger partial charge is 0.321 e. The number of carbonyl (C=O) groups is 2. The molecule has 0 spiro atoms. The second-order valence-corrected chi connectivity index (χ2v) is 5.98. The number of likely N-dealkylation sites (tertiary alicyclic amines) is 1. The Kier molecular flexibility index (Phi) is 4.38. The lowest BCUT2D eigenvalue weighted by Crippen LogP contribution is -2.51. The maximum Gasteiger partial charge on any atom is 0.321 e. The Morgan fingerprint density at radius 2 is 2.14 bits per heavy atom. The molecule has 2 aliphatic rings. The van der Waals surface area contributed by atoms with Crippen molar-refractivity contribution in [3.8, 4) is 0 Å². The highest BCUT2D eigenvalue weighted by Crippen LogP contribution is 2.22. The summed E-state index contributed by atoms with van der Waals surface area (Å²) in [5.74, 6) is 0. The molecule has 1 aromatic rings. The van der Waals surface area contributed by atoms with Crippen LogP contribution in [0.25, 0.3) is 0 Å². The fraction of sp³-hybridized carbons (Fsp3) is 0.467. The molecule has 4 amide bonds. The Labute approximate surface area is 134 Å². The van der Waals surface area contributed by atoms with Gasteiger partial charge in [0.2, 0.25) is 0 Å². The maximum atomic E-state index is 12.4. The van der Waals surface area contributed by atoms with Gasteiger partial charge in [0.15, 0.2) is 0 Å². The van der Waals surface area contributed by atoms with Crippen molar-refractivity contribution in [1.29, 1.82) is 0 Å². The van der Waals surface area contributed by atoms with Gasteiger partial charge in [0.05, 0.1) is 16.8 Å². The van der Waals surface area contributed by atoms with E-state index in [1.807, 2.05) is 17.0 Å². The number of benzene rings is 1. The molecular weight excluding hydrogens is 304 g/mol. The summed E-state index contributed by atoms with van der Waals surface area (Å²) in [5.41, 5.74) is 0.607. The molecule has 3 rings (SSSR count). The molecule has 1 atom stereocenters. The van der Waals surface area contributed by atoms with Gasteiger partial charge in [0.25, 0.3) is 0 Å². The van der Waals surface area contributed by atoms with Gasteiger partial charge >= 0.3 is 12.1 Å². The molecule has 2 aliphatic heterocycles. The van der Waals surface area contributed by atoms with Gasteiger partial charge < -0.3 is 20.4 Å². The van der Waals surface area contributed by atoms with Gasteiger partial charge in [-0.05, 0) is 25.0 Å². The van der Waals surface area contributed by atoms with Crippen molar-refractivity contribution >= 4 is 29.4 Å². The third-order valence-electron chi connectivity index (χ3n) is 4.13. The number of nitrogens with one attached hydrogen (secondary N) is 2. The van der Waals surface area contributed by atoms with E-state index in [1.165, 1.54) is 0 Å². The van der Waals surface area contributed by atoms with Crippen LogP contribution in [0.15, 0.2) is 24.3 Å². The monoisotopic (exact) mass is 322 g/mol. The van der Waals surface area contributed by atoms with Crippen molar-refractivity contribution in [2.45, 2.75) is 18.9 Å². The second kappa shape index (κ2) is 6.44. The molecule has 2 saturated heterocycles. The van der Waals surface area contributed by atoms with Crippen LogP contribution in [0.1, 0.15) is 12.8 Å². The van der Waals surface area contributed by atoms with Gasteiger partial charge in [-0.25, -0.2) is 9.59 Å². The van der Waals surface area contributed by atoms with Gasteiger partial charge in [-0.1, -0.05) is 23.7 Å². The van der Waals surface area contributed by atoms with Crippen molar-refractivity contribution < 1.29 is 9.59 Å². The lowest BCUT2D eigenvalue weighted by atomic mass is 10.0. The Balaban J connectivity index is 1.63. The average molecular weight is 323 g/mol. The number of anilines is 1. The lowest BCUT2D eigenvalue weighted by Gasteiger charge is -2.37. The minimum absolute atomic E-state index is 0.0293. The van der Waals surface area contributed by atoms with Crippen molar-refractivity contribution in [2.75, 3.05) is 31.5 Å². The fourth-order valence-electron chi connectivity index (χ4n) is 2.99. The number of urea groups is 2. The third-order valence-corrected chi connectivity index (χ3v) is 4.46. The third kappa shape index (κ3) is 3.11. The highest BCUT2D eigenvalue weighted by Gasteiger charge is 2.32. The van der Waals surface area contributed by atoms with E-state index in [4.69, 9.17) is 11.6 Å². The van der Waals surface area contributed by atoms with Crippen molar-refractivity contribution in [1.82, 2.24) is 15.1 Å². The molecule has 0 saturated carbocycles.